The quantitative estimate of drug-likeness (QED) is 0.907. The lowest BCUT2D eigenvalue weighted by molar-refractivity contribution is 0.238. The van der Waals surface area contributed by atoms with Crippen LogP contribution in [0.5, 0.6) is 0 Å². The highest BCUT2D eigenvalue weighted by molar-refractivity contribution is 7.09. The van der Waals surface area contributed by atoms with E-state index in [2.05, 4.69) is 36.4 Å². The van der Waals surface area contributed by atoms with Gasteiger partial charge in [-0.1, -0.05) is 20.8 Å². The second kappa shape index (κ2) is 6.13. The van der Waals surface area contributed by atoms with Gasteiger partial charge in [-0.3, -0.25) is 0 Å². The van der Waals surface area contributed by atoms with Gasteiger partial charge in [0.05, 0.1) is 10.7 Å². The number of aromatic nitrogens is 1. The highest BCUT2D eigenvalue weighted by Gasteiger charge is 2.17. The summed E-state index contributed by atoms with van der Waals surface area (Å²) in [7, 11) is 0. The van der Waals surface area contributed by atoms with Crippen LogP contribution in [0.3, 0.4) is 0 Å². The molecule has 2 rings (SSSR count). The summed E-state index contributed by atoms with van der Waals surface area (Å²) < 4.78 is 0. The van der Waals surface area contributed by atoms with Crippen LogP contribution < -0.4 is 5.32 Å². The Morgan fingerprint density at radius 2 is 2.06 bits per heavy atom. The average Bonchev–Trinajstić information content (AvgIpc) is 2.79. The van der Waals surface area contributed by atoms with Crippen molar-refractivity contribution in [1.29, 1.82) is 0 Å². The normalized spacial score (nSPS) is 18.2. The molecule has 0 unspecified atom stereocenters. The minimum Gasteiger partial charge on any atom is -0.314 e. The summed E-state index contributed by atoms with van der Waals surface area (Å²) in [5.74, 6) is 0. The maximum absolute atomic E-state index is 4.75. The first kappa shape index (κ1) is 14.0. The van der Waals surface area contributed by atoms with Gasteiger partial charge in [0.15, 0.2) is 0 Å². The standard InChI is InChI=1S/C14H25N3S/c1-14(2,3)12-11-18-13(16-12)5-4-8-17-9-6-15-7-10-17/h11,15H,4-10H2,1-3H3. The number of aryl methyl sites for hydroxylation is 1. The van der Waals surface area contributed by atoms with Crippen LogP contribution in [0.2, 0.25) is 0 Å². The Kier molecular flexibility index (Phi) is 4.76. The zero-order valence-electron chi connectivity index (χ0n) is 11.8. The van der Waals surface area contributed by atoms with Gasteiger partial charge in [-0.2, -0.15) is 0 Å². The monoisotopic (exact) mass is 267 g/mol. The van der Waals surface area contributed by atoms with E-state index in [0.717, 1.165) is 19.5 Å². The molecule has 1 aliphatic rings. The van der Waals surface area contributed by atoms with Crippen molar-refractivity contribution < 1.29 is 0 Å². The van der Waals surface area contributed by atoms with Gasteiger partial charge in [0.25, 0.3) is 0 Å². The Bertz CT molecular complexity index is 361. The summed E-state index contributed by atoms with van der Waals surface area (Å²) in [5, 5.41) is 6.91. The number of nitrogens with zero attached hydrogens (tertiary/aromatic N) is 2. The Morgan fingerprint density at radius 3 is 2.67 bits per heavy atom. The maximum Gasteiger partial charge on any atom is 0.0928 e. The van der Waals surface area contributed by atoms with Gasteiger partial charge in [-0.15, -0.1) is 11.3 Å². The molecule has 0 radical (unpaired) electrons. The third-order valence-electron chi connectivity index (χ3n) is 3.39. The van der Waals surface area contributed by atoms with Gasteiger partial charge in [0.2, 0.25) is 0 Å². The molecule has 0 amide bonds. The minimum atomic E-state index is 0.188. The number of nitrogens with one attached hydrogen (secondary N) is 1. The van der Waals surface area contributed by atoms with Crippen LogP contribution in [0.4, 0.5) is 0 Å². The molecule has 102 valence electrons. The zero-order valence-corrected chi connectivity index (χ0v) is 12.6. The molecule has 0 aliphatic carbocycles. The van der Waals surface area contributed by atoms with Crippen molar-refractivity contribution >= 4 is 11.3 Å². The van der Waals surface area contributed by atoms with Crippen LogP contribution in [-0.2, 0) is 11.8 Å². The fourth-order valence-corrected chi connectivity index (χ4v) is 3.23. The van der Waals surface area contributed by atoms with E-state index in [-0.39, 0.29) is 5.41 Å². The van der Waals surface area contributed by atoms with Crippen LogP contribution >= 0.6 is 11.3 Å². The van der Waals surface area contributed by atoms with Crippen molar-refractivity contribution in [3.05, 3.63) is 16.1 Å². The van der Waals surface area contributed by atoms with Crippen LogP contribution in [0.15, 0.2) is 5.38 Å². The van der Waals surface area contributed by atoms with Crippen molar-refractivity contribution in [2.45, 2.75) is 39.0 Å². The van der Waals surface area contributed by atoms with Crippen LogP contribution in [-0.4, -0.2) is 42.6 Å². The van der Waals surface area contributed by atoms with Crippen molar-refractivity contribution in [2.24, 2.45) is 0 Å². The molecule has 0 saturated carbocycles. The van der Waals surface area contributed by atoms with Gasteiger partial charge in [0, 0.05) is 43.4 Å². The molecule has 0 atom stereocenters. The average molecular weight is 267 g/mol. The molecule has 1 fully saturated rings. The molecule has 0 aromatic carbocycles. The van der Waals surface area contributed by atoms with Gasteiger partial charge >= 0.3 is 0 Å². The fraction of sp³-hybridized carbons (Fsp3) is 0.786. The second-order valence-electron chi connectivity index (χ2n) is 6.07. The Balaban J connectivity index is 1.74. The van der Waals surface area contributed by atoms with Crippen molar-refractivity contribution in [1.82, 2.24) is 15.2 Å². The summed E-state index contributed by atoms with van der Waals surface area (Å²) in [6.45, 7) is 12.6. The highest BCUT2D eigenvalue weighted by Crippen LogP contribution is 2.24. The van der Waals surface area contributed by atoms with Crippen molar-refractivity contribution in [2.75, 3.05) is 32.7 Å². The Hall–Kier alpha value is -0.450. The smallest absolute Gasteiger partial charge is 0.0928 e. The van der Waals surface area contributed by atoms with E-state index >= 15 is 0 Å². The topological polar surface area (TPSA) is 28.2 Å². The zero-order chi connectivity index (χ0) is 13.0. The SMILES string of the molecule is CC(C)(C)c1csc(CCCN2CCNCC2)n1. The van der Waals surface area contributed by atoms with E-state index in [1.54, 1.807) is 0 Å². The number of piperazine rings is 1. The molecule has 1 aromatic heterocycles. The lowest BCUT2D eigenvalue weighted by Crippen LogP contribution is -2.43. The minimum absolute atomic E-state index is 0.188. The molecular weight excluding hydrogens is 242 g/mol. The predicted octanol–water partition coefficient (Wildman–Crippen LogP) is 2.28. The van der Waals surface area contributed by atoms with Gasteiger partial charge in [-0.25, -0.2) is 4.98 Å². The van der Waals surface area contributed by atoms with Gasteiger partial charge in [-0.05, 0) is 13.0 Å². The molecule has 3 nitrogen and oxygen atoms in total. The number of rotatable bonds is 4. The predicted molar refractivity (Wildman–Crippen MR) is 78.4 cm³/mol. The number of thiazole rings is 1. The first-order valence-corrected chi connectivity index (χ1v) is 7.81. The second-order valence-corrected chi connectivity index (χ2v) is 7.01. The molecule has 0 spiro atoms. The molecule has 1 aliphatic heterocycles. The lowest BCUT2D eigenvalue weighted by Gasteiger charge is -2.26. The van der Waals surface area contributed by atoms with E-state index < -0.39 is 0 Å². The van der Waals surface area contributed by atoms with E-state index in [9.17, 15) is 0 Å². The number of hydrogen-bond acceptors (Lipinski definition) is 4. The van der Waals surface area contributed by atoms with Crippen molar-refractivity contribution in [3.8, 4) is 0 Å². The lowest BCUT2D eigenvalue weighted by atomic mass is 9.93. The number of hydrogen-bond donors (Lipinski definition) is 1. The van der Waals surface area contributed by atoms with Crippen molar-refractivity contribution in [3.63, 3.8) is 0 Å². The third kappa shape index (κ3) is 4.04. The highest BCUT2D eigenvalue weighted by atomic mass is 32.1. The molecule has 1 saturated heterocycles. The van der Waals surface area contributed by atoms with Crippen LogP contribution in [0.1, 0.15) is 37.9 Å². The van der Waals surface area contributed by atoms with E-state index in [4.69, 9.17) is 4.98 Å². The molecule has 1 N–H and O–H groups in total. The first-order valence-electron chi connectivity index (χ1n) is 6.94. The molecular formula is C14H25N3S. The van der Waals surface area contributed by atoms with Gasteiger partial charge < -0.3 is 10.2 Å². The molecule has 18 heavy (non-hydrogen) atoms. The molecule has 1 aromatic rings. The Morgan fingerprint density at radius 1 is 1.33 bits per heavy atom. The Labute approximate surface area is 115 Å². The summed E-state index contributed by atoms with van der Waals surface area (Å²) in [5.41, 5.74) is 1.43. The summed E-state index contributed by atoms with van der Waals surface area (Å²) in [6.07, 6.45) is 2.36. The van der Waals surface area contributed by atoms with E-state index in [1.807, 2.05) is 11.3 Å². The maximum atomic E-state index is 4.75. The molecule has 2 heterocycles. The summed E-state index contributed by atoms with van der Waals surface area (Å²) in [6, 6.07) is 0. The van der Waals surface area contributed by atoms with Crippen LogP contribution in [0, 0.1) is 0 Å². The third-order valence-corrected chi connectivity index (χ3v) is 4.30. The van der Waals surface area contributed by atoms with Gasteiger partial charge in [0.1, 0.15) is 0 Å². The summed E-state index contributed by atoms with van der Waals surface area (Å²) >= 11 is 1.82. The van der Waals surface area contributed by atoms with E-state index in [1.165, 1.54) is 36.8 Å². The first-order chi connectivity index (χ1) is 8.55. The van der Waals surface area contributed by atoms with E-state index in [0.29, 0.717) is 0 Å². The molecule has 4 heteroatoms. The summed E-state index contributed by atoms with van der Waals surface area (Å²) in [4.78, 5) is 7.30. The largest absolute Gasteiger partial charge is 0.314 e. The van der Waals surface area contributed by atoms with Crippen LogP contribution in [0.25, 0.3) is 0 Å². The molecule has 0 bridgehead atoms. The fourth-order valence-electron chi connectivity index (χ4n) is 2.16.